The lowest BCUT2D eigenvalue weighted by molar-refractivity contribution is -0.144. The quantitative estimate of drug-likeness (QED) is 0.825. The maximum atomic E-state index is 12.3. The van der Waals surface area contributed by atoms with Crippen molar-refractivity contribution < 1.29 is 14.7 Å². The summed E-state index contributed by atoms with van der Waals surface area (Å²) in [5, 5.41) is 9.53. The average Bonchev–Trinajstić information content (AvgIpc) is 3.29. The number of hydrogen-bond donors (Lipinski definition) is 2. The second kappa shape index (κ2) is 6.35. The molecule has 0 unspecified atom stereocenters. The van der Waals surface area contributed by atoms with Crippen LogP contribution in [0.3, 0.4) is 0 Å². The van der Waals surface area contributed by atoms with Gasteiger partial charge in [-0.15, -0.1) is 11.3 Å². The molecule has 1 amide bonds. The number of nitrogens with zero attached hydrogens (tertiary/aromatic N) is 2. The first kappa shape index (κ1) is 16.6. The number of nitrogens with one attached hydrogen (secondary N) is 1. The van der Waals surface area contributed by atoms with Gasteiger partial charge in [-0.2, -0.15) is 0 Å². The zero-order valence-electron chi connectivity index (χ0n) is 13.6. The first-order chi connectivity index (χ1) is 11.4. The Kier molecular flexibility index (Phi) is 4.40. The first-order valence-corrected chi connectivity index (χ1v) is 8.68. The van der Waals surface area contributed by atoms with Crippen molar-refractivity contribution in [2.24, 2.45) is 0 Å². The SMILES string of the molecule is Cc1sc2nc(CCC(=O)N(CC(=O)O)C3CC3)[nH]c(=O)c2c1C. The van der Waals surface area contributed by atoms with E-state index >= 15 is 0 Å². The molecule has 0 bridgehead atoms. The van der Waals surface area contributed by atoms with Gasteiger partial charge in [0.05, 0.1) is 5.39 Å². The number of fused-ring (bicyclic) bond motifs is 1. The van der Waals surface area contributed by atoms with E-state index in [-0.39, 0.29) is 30.5 Å². The summed E-state index contributed by atoms with van der Waals surface area (Å²) in [5.74, 6) is -0.748. The zero-order chi connectivity index (χ0) is 17.4. The number of carbonyl (C=O) groups is 2. The number of hydrogen-bond acceptors (Lipinski definition) is 5. The normalized spacial score (nSPS) is 14.1. The van der Waals surface area contributed by atoms with Crippen molar-refractivity contribution in [2.75, 3.05) is 6.54 Å². The Labute approximate surface area is 142 Å². The minimum absolute atomic E-state index is 0.0469. The van der Waals surface area contributed by atoms with Crippen LogP contribution in [0.5, 0.6) is 0 Å². The van der Waals surface area contributed by atoms with Gasteiger partial charge in [0, 0.05) is 23.8 Å². The highest BCUT2D eigenvalue weighted by Crippen LogP contribution is 2.28. The predicted molar refractivity (Wildman–Crippen MR) is 90.4 cm³/mol. The van der Waals surface area contributed by atoms with Crippen molar-refractivity contribution in [2.45, 2.75) is 45.6 Å². The van der Waals surface area contributed by atoms with E-state index in [1.165, 1.54) is 16.2 Å². The molecule has 2 aromatic heterocycles. The Hall–Kier alpha value is -2.22. The van der Waals surface area contributed by atoms with E-state index in [0.717, 1.165) is 23.3 Å². The molecule has 3 rings (SSSR count). The number of carboxylic acids is 1. The lowest BCUT2D eigenvalue weighted by Gasteiger charge is -2.19. The maximum absolute atomic E-state index is 12.3. The molecule has 1 aliphatic carbocycles. The molecule has 128 valence electrons. The summed E-state index contributed by atoms with van der Waals surface area (Å²) in [6.07, 6.45) is 2.14. The molecule has 0 aromatic carbocycles. The molecule has 0 spiro atoms. The van der Waals surface area contributed by atoms with Crippen LogP contribution < -0.4 is 5.56 Å². The summed E-state index contributed by atoms with van der Waals surface area (Å²) in [4.78, 5) is 45.7. The Morgan fingerprint density at radius 3 is 2.71 bits per heavy atom. The van der Waals surface area contributed by atoms with Crippen LogP contribution in [-0.2, 0) is 16.0 Å². The molecule has 8 heteroatoms. The lowest BCUT2D eigenvalue weighted by atomic mass is 10.2. The molecule has 7 nitrogen and oxygen atoms in total. The topological polar surface area (TPSA) is 103 Å². The van der Waals surface area contributed by atoms with Gasteiger partial charge in [-0.05, 0) is 32.3 Å². The van der Waals surface area contributed by atoms with Gasteiger partial charge in [-0.25, -0.2) is 4.98 Å². The summed E-state index contributed by atoms with van der Waals surface area (Å²) in [5.41, 5.74) is 0.752. The number of thiophene rings is 1. The summed E-state index contributed by atoms with van der Waals surface area (Å²) < 4.78 is 0. The van der Waals surface area contributed by atoms with E-state index in [1.54, 1.807) is 0 Å². The summed E-state index contributed by atoms with van der Waals surface area (Å²) in [7, 11) is 0. The summed E-state index contributed by atoms with van der Waals surface area (Å²) >= 11 is 1.47. The number of H-pyrrole nitrogens is 1. The zero-order valence-corrected chi connectivity index (χ0v) is 14.4. The Morgan fingerprint density at radius 2 is 2.08 bits per heavy atom. The third-order valence-electron chi connectivity index (χ3n) is 4.28. The summed E-state index contributed by atoms with van der Waals surface area (Å²) in [6, 6.07) is 0.0469. The third-order valence-corrected chi connectivity index (χ3v) is 5.38. The van der Waals surface area contributed by atoms with Crippen molar-refractivity contribution in [3.8, 4) is 0 Å². The Morgan fingerprint density at radius 1 is 1.38 bits per heavy atom. The van der Waals surface area contributed by atoms with E-state index in [0.29, 0.717) is 22.5 Å². The molecular formula is C16H19N3O4S. The monoisotopic (exact) mass is 349 g/mol. The van der Waals surface area contributed by atoms with E-state index in [9.17, 15) is 14.4 Å². The Balaban J connectivity index is 1.74. The van der Waals surface area contributed by atoms with Gasteiger partial charge < -0.3 is 15.0 Å². The maximum Gasteiger partial charge on any atom is 0.323 e. The predicted octanol–water partition coefficient (Wildman–Crippen LogP) is 1.61. The van der Waals surface area contributed by atoms with Crippen LogP contribution in [0.2, 0.25) is 0 Å². The largest absolute Gasteiger partial charge is 0.480 e. The highest BCUT2D eigenvalue weighted by molar-refractivity contribution is 7.18. The molecule has 2 heterocycles. The molecule has 2 N–H and O–H groups in total. The molecule has 1 saturated carbocycles. The number of rotatable bonds is 6. The van der Waals surface area contributed by atoms with E-state index in [2.05, 4.69) is 9.97 Å². The van der Waals surface area contributed by atoms with Crippen LogP contribution >= 0.6 is 11.3 Å². The van der Waals surface area contributed by atoms with Crippen molar-refractivity contribution in [3.05, 3.63) is 26.6 Å². The van der Waals surface area contributed by atoms with Gasteiger partial charge in [0.1, 0.15) is 17.2 Å². The molecule has 0 aliphatic heterocycles. The van der Waals surface area contributed by atoms with E-state index in [4.69, 9.17) is 5.11 Å². The number of aromatic nitrogens is 2. The van der Waals surface area contributed by atoms with E-state index < -0.39 is 5.97 Å². The van der Waals surface area contributed by atoms with Gasteiger partial charge in [0.25, 0.3) is 5.56 Å². The fraction of sp³-hybridized carbons (Fsp3) is 0.500. The van der Waals surface area contributed by atoms with E-state index in [1.807, 2.05) is 13.8 Å². The first-order valence-electron chi connectivity index (χ1n) is 7.87. The number of amides is 1. The van der Waals surface area contributed by atoms with Crippen molar-refractivity contribution >= 4 is 33.4 Å². The molecule has 0 saturated heterocycles. The van der Waals surface area contributed by atoms with Crippen molar-refractivity contribution in [1.82, 2.24) is 14.9 Å². The van der Waals surface area contributed by atoms with Crippen LogP contribution in [-0.4, -0.2) is 44.4 Å². The minimum Gasteiger partial charge on any atom is -0.480 e. The van der Waals surface area contributed by atoms with Crippen LogP contribution in [0.25, 0.3) is 10.2 Å². The van der Waals surface area contributed by atoms with Gasteiger partial charge in [-0.3, -0.25) is 14.4 Å². The number of aliphatic carboxylic acids is 1. The Bertz CT molecular complexity index is 866. The molecule has 1 aliphatic rings. The summed E-state index contributed by atoms with van der Waals surface area (Å²) in [6.45, 7) is 3.58. The van der Waals surface area contributed by atoms with Crippen LogP contribution in [0.4, 0.5) is 0 Å². The highest BCUT2D eigenvalue weighted by atomic mass is 32.1. The standard InChI is InChI=1S/C16H19N3O4S/c1-8-9(2)24-16-14(8)15(23)17-11(18-16)5-6-12(20)19(7-13(21)22)10-3-4-10/h10H,3-7H2,1-2H3,(H,21,22)(H,17,18,23). The number of carboxylic acid groups (broad SMARTS) is 1. The fourth-order valence-corrected chi connectivity index (χ4v) is 3.79. The van der Waals surface area contributed by atoms with Crippen molar-refractivity contribution in [3.63, 3.8) is 0 Å². The fourth-order valence-electron chi connectivity index (χ4n) is 2.74. The van der Waals surface area contributed by atoms with Crippen molar-refractivity contribution in [1.29, 1.82) is 0 Å². The van der Waals surface area contributed by atoms with Gasteiger partial charge in [0.15, 0.2) is 0 Å². The highest BCUT2D eigenvalue weighted by Gasteiger charge is 2.33. The number of aryl methyl sites for hydroxylation is 3. The van der Waals surface area contributed by atoms with Gasteiger partial charge >= 0.3 is 5.97 Å². The van der Waals surface area contributed by atoms with Crippen LogP contribution in [0.15, 0.2) is 4.79 Å². The van der Waals surface area contributed by atoms with Crippen LogP contribution in [0, 0.1) is 13.8 Å². The smallest absolute Gasteiger partial charge is 0.323 e. The third kappa shape index (κ3) is 3.33. The number of aromatic amines is 1. The second-order valence-corrected chi connectivity index (χ2v) is 7.33. The molecular weight excluding hydrogens is 330 g/mol. The van der Waals surface area contributed by atoms with Gasteiger partial charge in [-0.1, -0.05) is 0 Å². The van der Waals surface area contributed by atoms with Gasteiger partial charge in [0.2, 0.25) is 5.91 Å². The lowest BCUT2D eigenvalue weighted by Crippen LogP contribution is -2.37. The molecule has 0 radical (unpaired) electrons. The number of carbonyl (C=O) groups excluding carboxylic acids is 1. The molecule has 1 fully saturated rings. The average molecular weight is 349 g/mol. The van der Waals surface area contributed by atoms with Crippen LogP contribution in [0.1, 0.15) is 35.5 Å². The molecule has 0 atom stereocenters. The molecule has 2 aromatic rings. The molecule has 24 heavy (non-hydrogen) atoms. The second-order valence-electron chi connectivity index (χ2n) is 6.12. The minimum atomic E-state index is -1.01.